The fraction of sp³-hybridized carbons (Fsp3) is 0.367. The van der Waals surface area contributed by atoms with E-state index in [1.807, 2.05) is 61.2 Å². The van der Waals surface area contributed by atoms with Crippen molar-refractivity contribution in [2.24, 2.45) is 5.92 Å². The van der Waals surface area contributed by atoms with Crippen LogP contribution in [0.2, 0.25) is 0 Å². The third kappa shape index (κ3) is 6.73. The van der Waals surface area contributed by atoms with Crippen LogP contribution in [-0.2, 0) is 22.4 Å². The Bertz CT molecular complexity index is 1230. The number of halogens is 1. The molecule has 6 nitrogen and oxygen atoms in total. The van der Waals surface area contributed by atoms with Gasteiger partial charge in [-0.15, -0.1) is 0 Å². The highest BCUT2D eigenvalue weighted by atomic mass is 19.1. The van der Waals surface area contributed by atoms with Crippen molar-refractivity contribution in [2.75, 3.05) is 13.1 Å². The number of amides is 2. The van der Waals surface area contributed by atoms with Gasteiger partial charge in [0.15, 0.2) is 6.10 Å². The van der Waals surface area contributed by atoms with Crippen LogP contribution in [0.1, 0.15) is 55.6 Å². The molecule has 2 aromatic carbocycles. The maximum Gasteiger partial charge on any atom is 0.260 e. The zero-order valence-corrected chi connectivity index (χ0v) is 21.6. The third-order valence-corrected chi connectivity index (χ3v) is 6.50. The molecule has 0 radical (unpaired) electrons. The molecule has 2 atom stereocenters. The molecule has 37 heavy (non-hydrogen) atoms. The first-order valence-electron chi connectivity index (χ1n) is 12.8. The molecule has 0 saturated carbocycles. The number of pyridine rings is 1. The summed E-state index contributed by atoms with van der Waals surface area (Å²) in [6, 6.07) is 17.4. The maximum atomic E-state index is 14.2. The predicted molar refractivity (Wildman–Crippen MR) is 141 cm³/mol. The number of carbonyl (C=O) groups is 2. The molecule has 1 N–H and O–H groups in total. The average molecular weight is 504 g/mol. The third-order valence-electron chi connectivity index (χ3n) is 6.50. The Morgan fingerprint density at radius 3 is 2.68 bits per heavy atom. The number of hydrogen-bond acceptors (Lipinski definition) is 4. The summed E-state index contributed by atoms with van der Waals surface area (Å²) in [6.07, 6.45) is 2.78. The monoisotopic (exact) mass is 503 g/mol. The Morgan fingerprint density at radius 1 is 1.11 bits per heavy atom. The lowest BCUT2D eigenvalue weighted by molar-refractivity contribution is -0.134. The number of aromatic nitrogens is 1. The Balaban J connectivity index is 1.52. The Kier molecular flexibility index (Phi) is 8.54. The van der Waals surface area contributed by atoms with E-state index in [-0.39, 0.29) is 23.5 Å². The molecule has 0 fully saturated rings. The average Bonchev–Trinajstić information content (AvgIpc) is 2.88. The van der Waals surface area contributed by atoms with Gasteiger partial charge in [-0.2, -0.15) is 0 Å². The molecular weight excluding hydrogens is 469 g/mol. The first-order valence-corrected chi connectivity index (χ1v) is 12.8. The van der Waals surface area contributed by atoms with Gasteiger partial charge in [0.2, 0.25) is 5.91 Å². The number of fused-ring (bicyclic) bond motifs is 1. The molecule has 0 aliphatic carbocycles. The van der Waals surface area contributed by atoms with Gasteiger partial charge in [0.25, 0.3) is 5.91 Å². The van der Waals surface area contributed by atoms with Gasteiger partial charge in [0, 0.05) is 37.8 Å². The van der Waals surface area contributed by atoms with Gasteiger partial charge in [-0.1, -0.05) is 38.1 Å². The Labute approximate surface area is 217 Å². The van der Waals surface area contributed by atoms with Crippen LogP contribution in [-0.4, -0.2) is 40.9 Å². The van der Waals surface area contributed by atoms with E-state index in [4.69, 9.17) is 4.74 Å². The van der Waals surface area contributed by atoms with Crippen molar-refractivity contribution in [3.05, 3.63) is 95.1 Å². The molecule has 2 amide bonds. The standard InChI is InChI=1S/C30H34FN3O3/c1-20(2)17-28(35)34-16-13-22-10-11-26(19-27(22)29(34)23-7-6-8-24(31)18-23)37-21(3)30(36)33-15-12-25-9-4-5-14-32-25/h4-11,14,18-21,29H,12-13,15-17H2,1-3H3,(H,33,36)/t21-,29-/m0/s1. The summed E-state index contributed by atoms with van der Waals surface area (Å²) in [5.74, 6) is 0.231. The lowest BCUT2D eigenvalue weighted by atomic mass is 9.87. The summed E-state index contributed by atoms with van der Waals surface area (Å²) < 4.78 is 20.2. The first-order chi connectivity index (χ1) is 17.8. The minimum absolute atomic E-state index is 0.0434. The van der Waals surface area contributed by atoms with Gasteiger partial charge in [0.1, 0.15) is 11.6 Å². The minimum Gasteiger partial charge on any atom is -0.481 e. The van der Waals surface area contributed by atoms with E-state index in [0.717, 1.165) is 22.4 Å². The molecule has 1 aliphatic heterocycles. The van der Waals surface area contributed by atoms with Crippen LogP contribution >= 0.6 is 0 Å². The fourth-order valence-electron chi connectivity index (χ4n) is 4.70. The smallest absolute Gasteiger partial charge is 0.260 e. The zero-order chi connectivity index (χ0) is 26.4. The van der Waals surface area contributed by atoms with Crippen LogP contribution in [0.4, 0.5) is 4.39 Å². The van der Waals surface area contributed by atoms with Crippen molar-refractivity contribution >= 4 is 11.8 Å². The second kappa shape index (κ2) is 12.0. The highest BCUT2D eigenvalue weighted by molar-refractivity contribution is 5.80. The molecule has 0 spiro atoms. The molecule has 0 bridgehead atoms. The van der Waals surface area contributed by atoms with E-state index >= 15 is 0 Å². The van der Waals surface area contributed by atoms with Crippen LogP contribution in [0, 0.1) is 11.7 Å². The van der Waals surface area contributed by atoms with Gasteiger partial charge in [0.05, 0.1) is 6.04 Å². The number of nitrogens with zero attached hydrogens (tertiary/aromatic N) is 2. The SMILES string of the molecule is CC(C)CC(=O)N1CCc2ccc(O[C@@H](C)C(=O)NCCc3ccccn3)cc2[C@@H]1c1cccc(F)c1. The van der Waals surface area contributed by atoms with Crippen molar-refractivity contribution in [3.8, 4) is 5.75 Å². The summed E-state index contributed by atoms with van der Waals surface area (Å²) in [5, 5.41) is 2.90. The number of hydrogen-bond donors (Lipinski definition) is 1. The van der Waals surface area contributed by atoms with Crippen molar-refractivity contribution in [1.29, 1.82) is 0 Å². The van der Waals surface area contributed by atoms with Gasteiger partial charge < -0.3 is 15.0 Å². The van der Waals surface area contributed by atoms with Crippen molar-refractivity contribution in [1.82, 2.24) is 15.2 Å². The molecule has 1 aliphatic rings. The fourth-order valence-corrected chi connectivity index (χ4v) is 4.70. The summed E-state index contributed by atoms with van der Waals surface area (Å²) in [5.41, 5.74) is 3.61. The molecule has 1 aromatic heterocycles. The van der Waals surface area contributed by atoms with Crippen molar-refractivity contribution in [2.45, 2.75) is 52.2 Å². The Hall–Kier alpha value is -3.74. The van der Waals surface area contributed by atoms with Crippen molar-refractivity contribution in [3.63, 3.8) is 0 Å². The molecule has 2 heterocycles. The maximum absolute atomic E-state index is 14.2. The number of ether oxygens (including phenoxy) is 1. The number of carbonyl (C=O) groups excluding carboxylic acids is 2. The molecule has 4 rings (SSSR count). The van der Waals surface area contributed by atoms with Crippen LogP contribution < -0.4 is 10.1 Å². The van der Waals surface area contributed by atoms with Gasteiger partial charge in [-0.25, -0.2) is 4.39 Å². The quantitative estimate of drug-likeness (QED) is 0.452. The second-order valence-electron chi connectivity index (χ2n) is 9.88. The number of nitrogens with one attached hydrogen (secondary N) is 1. The summed E-state index contributed by atoms with van der Waals surface area (Å²) >= 11 is 0. The molecule has 7 heteroatoms. The van der Waals surface area contributed by atoms with Crippen LogP contribution in [0.5, 0.6) is 5.75 Å². The lowest BCUT2D eigenvalue weighted by Gasteiger charge is -2.38. The highest BCUT2D eigenvalue weighted by Gasteiger charge is 2.33. The van der Waals surface area contributed by atoms with E-state index in [9.17, 15) is 14.0 Å². The van der Waals surface area contributed by atoms with Crippen molar-refractivity contribution < 1.29 is 18.7 Å². The topological polar surface area (TPSA) is 71.5 Å². The van der Waals surface area contributed by atoms with Crippen LogP contribution in [0.25, 0.3) is 0 Å². The van der Waals surface area contributed by atoms with Crippen LogP contribution in [0.3, 0.4) is 0 Å². The van der Waals surface area contributed by atoms with Gasteiger partial charge in [-0.3, -0.25) is 14.6 Å². The molecule has 0 unspecified atom stereocenters. The summed E-state index contributed by atoms with van der Waals surface area (Å²) in [7, 11) is 0. The molecule has 0 saturated heterocycles. The Morgan fingerprint density at radius 2 is 1.95 bits per heavy atom. The first kappa shape index (κ1) is 26.3. The minimum atomic E-state index is -0.711. The largest absolute Gasteiger partial charge is 0.481 e. The lowest BCUT2D eigenvalue weighted by Crippen LogP contribution is -2.41. The summed E-state index contributed by atoms with van der Waals surface area (Å²) in [4.78, 5) is 31.9. The van der Waals surface area contributed by atoms with Crippen LogP contribution in [0.15, 0.2) is 66.9 Å². The zero-order valence-electron chi connectivity index (χ0n) is 21.6. The normalized spacial score (nSPS) is 15.7. The van der Waals surface area contributed by atoms with E-state index < -0.39 is 12.1 Å². The second-order valence-corrected chi connectivity index (χ2v) is 9.88. The molecular formula is C30H34FN3O3. The summed E-state index contributed by atoms with van der Waals surface area (Å²) in [6.45, 7) is 6.76. The predicted octanol–water partition coefficient (Wildman–Crippen LogP) is 4.87. The molecule has 194 valence electrons. The van der Waals surface area contributed by atoms with Gasteiger partial charge >= 0.3 is 0 Å². The van der Waals surface area contributed by atoms with E-state index in [1.54, 1.807) is 19.2 Å². The van der Waals surface area contributed by atoms with E-state index in [2.05, 4.69) is 10.3 Å². The van der Waals surface area contributed by atoms with E-state index in [0.29, 0.717) is 38.1 Å². The number of benzene rings is 2. The highest BCUT2D eigenvalue weighted by Crippen LogP contribution is 2.38. The number of rotatable bonds is 9. The van der Waals surface area contributed by atoms with Gasteiger partial charge in [-0.05, 0) is 72.4 Å². The molecule has 3 aromatic rings. The van der Waals surface area contributed by atoms with E-state index in [1.165, 1.54) is 12.1 Å².